The van der Waals surface area contributed by atoms with Gasteiger partial charge in [0.05, 0.1) is 6.61 Å². The quantitative estimate of drug-likeness (QED) is 0.733. The maximum atomic E-state index is 13.7. The van der Waals surface area contributed by atoms with Crippen LogP contribution in [0.15, 0.2) is 0 Å². The fraction of sp³-hybridized carbons (Fsp3) is 0.917. The molecule has 5 fully saturated rings. The summed E-state index contributed by atoms with van der Waals surface area (Å²) in [7, 11) is 0. The highest BCUT2D eigenvalue weighted by atomic mass is 32.2. The van der Waals surface area contributed by atoms with E-state index >= 15 is 0 Å². The molecular formula is C24H37NO3S. The highest BCUT2D eigenvalue weighted by molar-refractivity contribution is 8.00. The number of carbonyl (C=O) groups excluding carboxylic acids is 2. The number of carbonyl (C=O) groups is 2. The first-order chi connectivity index (χ1) is 13.9. The molecule has 9 atom stereocenters. The van der Waals surface area contributed by atoms with Crippen LogP contribution in [0.5, 0.6) is 0 Å². The summed E-state index contributed by atoms with van der Waals surface area (Å²) in [6.45, 7) is 6.79. The second-order valence-corrected chi connectivity index (χ2v) is 12.7. The molecule has 5 aliphatic rings. The molecule has 29 heavy (non-hydrogen) atoms. The van der Waals surface area contributed by atoms with Crippen LogP contribution in [-0.2, 0) is 9.59 Å². The fourth-order valence-electron chi connectivity index (χ4n) is 8.26. The van der Waals surface area contributed by atoms with Crippen molar-refractivity contribution in [3.8, 4) is 0 Å². The minimum absolute atomic E-state index is 0.00170. The number of hydrogen-bond donors (Lipinski definition) is 2. The first kappa shape index (κ1) is 20.5. The monoisotopic (exact) mass is 419 g/mol. The zero-order chi connectivity index (χ0) is 20.4. The van der Waals surface area contributed by atoms with Gasteiger partial charge in [-0.25, -0.2) is 0 Å². The van der Waals surface area contributed by atoms with Gasteiger partial charge in [-0.2, -0.15) is 11.8 Å². The van der Waals surface area contributed by atoms with Gasteiger partial charge in [-0.05, 0) is 74.7 Å². The lowest BCUT2D eigenvalue weighted by molar-refractivity contribution is -0.169. The van der Waals surface area contributed by atoms with Crippen molar-refractivity contribution < 1.29 is 14.7 Å². The molecule has 4 aliphatic carbocycles. The van der Waals surface area contributed by atoms with Gasteiger partial charge in [0, 0.05) is 40.7 Å². The van der Waals surface area contributed by atoms with E-state index in [1.54, 1.807) is 0 Å². The van der Waals surface area contributed by atoms with E-state index < -0.39 is 0 Å². The van der Waals surface area contributed by atoms with Gasteiger partial charge < -0.3 is 10.4 Å². The van der Waals surface area contributed by atoms with E-state index in [0.29, 0.717) is 40.3 Å². The van der Waals surface area contributed by atoms with Gasteiger partial charge in [0.1, 0.15) is 11.6 Å². The summed E-state index contributed by atoms with van der Waals surface area (Å²) in [5.74, 6) is 1.40. The van der Waals surface area contributed by atoms with Gasteiger partial charge in [0.25, 0.3) is 0 Å². The number of thioether (sulfide) groups is 1. The van der Waals surface area contributed by atoms with Gasteiger partial charge in [-0.1, -0.05) is 13.8 Å². The lowest BCUT2D eigenvalue weighted by Gasteiger charge is -2.61. The fourth-order valence-corrected chi connectivity index (χ4v) is 9.85. The van der Waals surface area contributed by atoms with Crippen LogP contribution in [0.3, 0.4) is 0 Å². The number of aliphatic hydroxyl groups excluding tert-OH is 1. The summed E-state index contributed by atoms with van der Waals surface area (Å²) in [6, 6.07) is 0. The molecule has 5 rings (SSSR count). The highest BCUT2D eigenvalue weighted by Gasteiger charge is 2.65. The normalized spacial score (nSPS) is 52.2. The number of hydrogen-bond acceptors (Lipinski definition) is 5. The lowest BCUT2D eigenvalue weighted by atomic mass is 9.43. The largest absolute Gasteiger partial charge is 0.396 e. The Labute approximate surface area is 179 Å². The number of aliphatic hydroxyl groups is 1. The summed E-state index contributed by atoms with van der Waals surface area (Å²) in [4.78, 5) is 26.4. The van der Waals surface area contributed by atoms with Crippen molar-refractivity contribution >= 4 is 23.3 Å². The second kappa shape index (κ2) is 7.34. The summed E-state index contributed by atoms with van der Waals surface area (Å²) in [5, 5.41) is 15.1. The average molecular weight is 420 g/mol. The van der Waals surface area contributed by atoms with Crippen molar-refractivity contribution in [1.29, 1.82) is 0 Å². The van der Waals surface area contributed by atoms with Crippen molar-refractivity contribution in [2.45, 2.75) is 75.7 Å². The van der Waals surface area contributed by atoms with Crippen LogP contribution in [0.4, 0.5) is 0 Å². The number of rotatable bonds is 3. The predicted molar refractivity (Wildman–Crippen MR) is 116 cm³/mol. The smallest absolute Gasteiger partial charge is 0.142 e. The van der Waals surface area contributed by atoms with Gasteiger partial charge in [0.2, 0.25) is 0 Å². The highest BCUT2D eigenvalue weighted by Crippen LogP contribution is 2.66. The van der Waals surface area contributed by atoms with Crippen molar-refractivity contribution in [2.75, 3.05) is 19.7 Å². The van der Waals surface area contributed by atoms with Crippen LogP contribution < -0.4 is 5.32 Å². The molecule has 4 nitrogen and oxygen atoms in total. The zero-order valence-electron chi connectivity index (χ0n) is 18.0. The van der Waals surface area contributed by atoms with Gasteiger partial charge in [-0.3, -0.25) is 9.59 Å². The molecule has 5 heteroatoms. The molecular weight excluding hydrogens is 382 g/mol. The number of Topliss-reactive ketones (excluding diaryl/α,β-unsaturated/α-hetero) is 2. The van der Waals surface area contributed by atoms with Crippen molar-refractivity contribution in [3.63, 3.8) is 0 Å². The van der Waals surface area contributed by atoms with Crippen LogP contribution in [0.2, 0.25) is 0 Å². The third kappa shape index (κ3) is 3.01. The van der Waals surface area contributed by atoms with E-state index in [1.807, 2.05) is 0 Å². The maximum Gasteiger partial charge on any atom is 0.142 e. The topological polar surface area (TPSA) is 66.4 Å². The van der Waals surface area contributed by atoms with Gasteiger partial charge in [-0.15, -0.1) is 0 Å². The molecule has 0 aromatic rings. The van der Waals surface area contributed by atoms with Crippen LogP contribution in [0, 0.1) is 40.4 Å². The Morgan fingerprint density at radius 1 is 1.03 bits per heavy atom. The Morgan fingerprint density at radius 2 is 1.86 bits per heavy atom. The molecule has 0 radical (unpaired) electrons. The zero-order valence-corrected chi connectivity index (χ0v) is 18.8. The van der Waals surface area contributed by atoms with Crippen LogP contribution in [0.25, 0.3) is 0 Å². The molecule has 0 spiro atoms. The Kier molecular flexibility index (Phi) is 5.19. The van der Waals surface area contributed by atoms with Crippen molar-refractivity contribution in [1.82, 2.24) is 5.32 Å². The minimum Gasteiger partial charge on any atom is -0.396 e. The molecule has 1 aliphatic heterocycles. The van der Waals surface area contributed by atoms with Crippen molar-refractivity contribution in [2.24, 2.45) is 40.4 Å². The number of fused-ring (bicyclic) bond motifs is 5. The van der Waals surface area contributed by atoms with Crippen LogP contribution >= 0.6 is 11.8 Å². The summed E-state index contributed by atoms with van der Waals surface area (Å²) in [6.07, 6.45) is 8.27. The van der Waals surface area contributed by atoms with Gasteiger partial charge in [0.15, 0.2) is 0 Å². The van der Waals surface area contributed by atoms with E-state index in [4.69, 9.17) is 0 Å². The molecule has 0 amide bonds. The molecule has 0 aromatic carbocycles. The molecule has 1 unspecified atom stereocenters. The Bertz CT molecular complexity index is 692. The summed E-state index contributed by atoms with van der Waals surface area (Å²) >= 11 is 2.14. The molecule has 1 heterocycles. The number of nitrogens with one attached hydrogen (secondary N) is 1. The minimum atomic E-state index is -0.289. The third-order valence-electron chi connectivity index (χ3n) is 9.97. The lowest BCUT2D eigenvalue weighted by Crippen LogP contribution is -2.61. The Morgan fingerprint density at radius 3 is 2.59 bits per heavy atom. The first-order valence-corrected chi connectivity index (χ1v) is 12.9. The molecule has 162 valence electrons. The number of ketones is 2. The van der Waals surface area contributed by atoms with Gasteiger partial charge >= 0.3 is 0 Å². The first-order valence-electron chi connectivity index (χ1n) is 11.9. The Balaban J connectivity index is 1.42. The predicted octanol–water partition coefficient (Wildman–Crippen LogP) is 3.46. The van der Waals surface area contributed by atoms with E-state index in [0.717, 1.165) is 38.8 Å². The average Bonchev–Trinajstić information content (AvgIpc) is 3.31. The maximum absolute atomic E-state index is 13.7. The Hall–Kier alpha value is -0.390. The van der Waals surface area contributed by atoms with Crippen LogP contribution in [0.1, 0.15) is 65.2 Å². The molecule has 1 saturated heterocycles. The molecule has 2 N–H and O–H groups in total. The van der Waals surface area contributed by atoms with E-state index in [1.165, 1.54) is 19.3 Å². The molecule has 0 bridgehead atoms. The summed E-state index contributed by atoms with van der Waals surface area (Å²) < 4.78 is 0. The standard InChI is InChI=1S/C24H37NO3S/c1-23-8-5-14(29-15-7-10-25-12-15)11-19(23)16(13-26)22(28)21-17-3-4-20(27)24(17,2)9-6-18(21)23/h14-19,21,25-26H,3-13H2,1-2H3/t14-,15+,16-,17+,18+,19?,21+,23-,24+/m1/s1. The summed E-state index contributed by atoms with van der Waals surface area (Å²) in [5.41, 5.74) is -0.146. The third-order valence-corrected chi connectivity index (χ3v) is 11.6. The van der Waals surface area contributed by atoms with E-state index in [9.17, 15) is 14.7 Å². The van der Waals surface area contributed by atoms with E-state index in [2.05, 4.69) is 30.9 Å². The SMILES string of the molecule is C[C@]12CC[C@@H](S[C@H]3CCNC3)CC1[C@@H](CO)C(=O)[C@@H]1[C@@H]2CC[C@]2(C)C(=O)CC[C@@H]12. The van der Waals surface area contributed by atoms with Crippen LogP contribution in [-0.4, -0.2) is 46.9 Å². The molecule has 4 saturated carbocycles. The van der Waals surface area contributed by atoms with Crippen molar-refractivity contribution in [3.05, 3.63) is 0 Å². The van der Waals surface area contributed by atoms with E-state index in [-0.39, 0.29) is 35.2 Å². The molecule has 0 aromatic heterocycles. The second-order valence-electron chi connectivity index (χ2n) is 11.1.